The molecule has 2 aromatic rings. The highest BCUT2D eigenvalue weighted by atomic mass is 32.2. The molecule has 0 amide bonds. The van der Waals surface area contributed by atoms with Crippen LogP contribution in [0.2, 0.25) is 0 Å². The third-order valence-corrected chi connectivity index (χ3v) is 7.50. The standard InChI is InChI=1S/C18H22N2O4S2/c21-25(22,15-9-3-1-4-10-15)19-17-13-7-8-14-18(17)20-26(23,24)16-11-5-2-6-12-16/h1-6,9-12,17-20H,7-8,13-14H2/t17-,18-/m0/s1. The molecule has 0 spiro atoms. The summed E-state index contributed by atoms with van der Waals surface area (Å²) in [7, 11) is -7.40. The summed E-state index contributed by atoms with van der Waals surface area (Å²) in [4.78, 5) is 0.352. The minimum absolute atomic E-state index is 0.176. The van der Waals surface area contributed by atoms with Crippen LogP contribution in [0.3, 0.4) is 0 Å². The number of sulfonamides is 2. The number of hydrogen-bond acceptors (Lipinski definition) is 4. The molecule has 0 heterocycles. The molecule has 140 valence electrons. The van der Waals surface area contributed by atoms with Crippen LogP contribution in [0.15, 0.2) is 70.5 Å². The van der Waals surface area contributed by atoms with E-state index in [1.807, 2.05) is 0 Å². The van der Waals surface area contributed by atoms with Crippen molar-refractivity contribution in [3.8, 4) is 0 Å². The van der Waals surface area contributed by atoms with Crippen LogP contribution in [0.4, 0.5) is 0 Å². The quantitative estimate of drug-likeness (QED) is 0.786. The third kappa shape index (κ3) is 4.50. The Kier molecular flexibility index (Phi) is 5.76. The molecule has 0 aromatic heterocycles. The van der Waals surface area contributed by atoms with E-state index in [-0.39, 0.29) is 9.79 Å². The third-order valence-electron chi connectivity index (χ3n) is 4.49. The summed E-state index contributed by atoms with van der Waals surface area (Å²) in [5.41, 5.74) is 0. The van der Waals surface area contributed by atoms with Gasteiger partial charge < -0.3 is 0 Å². The molecule has 8 heteroatoms. The maximum absolute atomic E-state index is 12.6. The number of hydrogen-bond donors (Lipinski definition) is 2. The second kappa shape index (κ2) is 7.87. The summed E-state index contributed by atoms with van der Waals surface area (Å²) in [6.45, 7) is 0. The van der Waals surface area contributed by atoms with Crippen molar-refractivity contribution in [1.82, 2.24) is 9.44 Å². The molecule has 2 atom stereocenters. The summed E-state index contributed by atoms with van der Waals surface area (Å²) < 4.78 is 55.7. The van der Waals surface area contributed by atoms with E-state index in [9.17, 15) is 16.8 Å². The molecule has 3 rings (SSSR count). The summed E-state index contributed by atoms with van der Waals surface area (Å²) in [6.07, 6.45) is 2.89. The van der Waals surface area contributed by atoms with Gasteiger partial charge in [0.05, 0.1) is 9.79 Å². The molecular formula is C18H22N2O4S2. The highest BCUT2D eigenvalue weighted by molar-refractivity contribution is 7.90. The van der Waals surface area contributed by atoms with Crippen LogP contribution in [0, 0.1) is 0 Å². The zero-order chi connectivity index (χ0) is 18.6. The predicted molar refractivity (Wildman–Crippen MR) is 99.6 cm³/mol. The van der Waals surface area contributed by atoms with Gasteiger partial charge in [0.2, 0.25) is 20.0 Å². The van der Waals surface area contributed by atoms with Crippen molar-refractivity contribution < 1.29 is 16.8 Å². The highest BCUT2D eigenvalue weighted by Gasteiger charge is 2.32. The minimum atomic E-state index is -3.70. The minimum Gasteiger partial charge on any atom is -0.207 e. The largest absolute Gasteiger partial charge is 0.240 e. The van der Waals surface area contributed by atoms with Gasteiger partial charge in [-0.3, -0.25) is 0 Å². The van der Waals surface area contributed by atoms with E-state index in [2.05, 4.69) is 9.44 Å². The van der Waals surface area contributed by atoms with E-state index in [1.54, 1.807) is 36.4 Å². The van der Waals surface area contributed by atoms with Gasteiger partial charge in [-0.25, -0.2) is 26.3 Å². The Morgan fingerprint density at radius 2 is 0.962 bits per heavy atom. The summed E-state index contributed by atoms with van der Waals surface area (Å²) >= 11 is 0. The van der Waals surface area contributed by atoms with Gasteiger partial charge in [-0.2, -0.15) is 0 Å². The van der Waals surface area contributed by atoms with Crippen molar-refractivity contribution >= 4 is 20.0 Å². The molecule has 1 fully saturated rings. The van der Waals surface area contributed by atoms with Crippen LogP contribution in [0.1, 0.15) is 25.7 Å². The first-order valence-corrected chi connectivity index (χ1v) is 11.5. The molecule has 1 saturated carbocycles. The molecule has 6 nitrogen and oxygen atoms in total. The number of benzene rings is 2. The van der Waals surface area contributed by atoms with Gasteiger partial charge in [-0.1, -0.05) is 49.2 Å². The number of nitrogens with one attached hydrogen (secondary N) is 2. The van der Waals surface area contributed by atoms with Crippen molar-refractivity contribution in [2.24, 2.45) is 0 Å². The van der Waals surface area contributed by atoms with E-state index < -0.39 is 32.1 Å². The zero-order valence-corrected chi connectivity index (χ0v) is 15.8. The summed E-state index contributed by atoms with van der Waals surface area (Å²) in [5, 5.41) is 0. The lowest BCUT2D eigenvalue weighted by Crippen LogP contribution is -2.52. The van der Waals surface area contributed by atoms with Crippen molar-refractivity contribution in [1.29, 1.82) is 0 Å². The number of rotatable bonds is 6. The normalized spacial score (nSPS) is 21.4. The first-order valence-electron chi connectivity index (χ1n) is 8.53. The molecule has 0 unspecified atom stereocenters. The van der Waals surface area contributed by atoms with Crippen LogP contribution < -0.4 is 9.44 Å². The molecule has 26 heavy (non-hydrogen) atoms. The average Bonchev–Trinajstić information content (AvgIpc) is 2.64. The van der Waals surface area contributed by atoms with Crippen molar-refractivity contribution in [3.63, 3.8) is 0 Å². The van der Waals surface area contributed by atoms with Gasteiger partial charge in [0.15, 0.2) is 0 Å². The van der Waals surface area contributed by atoms with Gasteiger partial charge in [-0.05, 0) is 37.1 Å². The van der Waals surface area contributed by atoms with Crippen LogP contribution in [-0.2, 0) is 20.0 Å². The lowest BCUT2D eigenvalue weighted by Gasteiger charge is -2.32. The smallest absolute Gasteiger partial charge is 0.207 e. The fraction of sp³-hybridized carbons (Fsp3) is 0.333. The zero-order valence-electron chi connectivity index (χ0n) is 14.2. The maximum atomic E-state index is 12.6. The Hall–Kier alpha value is -1.74. The van der Waals surface area contributed by atoms with Crippen molar-refractivity contribution in [2.45, 2.75) is 47.6 Å². The molecule has 0 bridgehead atoms. The van der Waals surface area contributed by atoms with Gasteiger partial charge in [0, 0.05) is 12.1 Å². The Bertz CT molecular complexity index is 850. The second-order valence-corrected chi connectivity index (χ2v) is 9.79. The Labute approximate surface area is 154 Å². The first kappa shape index (κ1) is 19.0. The van der Waals surface area contributed by atoms with E-state index in [4.69, 9.17) is 0 Å². The lowest BCUT2D eigenvalue weighted by molar-refractivity contribution is 0.340. The fourth-order valence-electron chi connectivity index (χ4n) is 3.15. The first-order chi connectivity index (χ1) is 12.4. The van der Waals surface area contributed by atoms with Crippen LogP contribution >= 0.6 is 0 Å². The van der Waals surface area contributed by atoms with Crippen LogP contribution in [0.5, 0.6) is 0 Å². The van der Waals surface area contributed by atoms with Gasteiger partial charge >= 0.3 is 0 Å². The van der Waals surface area contributed by atoms with E-state index in [0.29, 0.717) is 12.8 Å². The van der Waals surface area contributed by atoms with E-state index in [0.717, 1.165) is 12.8 Å². The van der Waals surface area contributed by atoms with Gasteiger partial charge in [-0.15, -0.1) is 0 Å². The van der Waals surface area contributed by atoms with Crippen molar-refractivity contribution in [3.05, 3.63) is 60.7 Å². The van der Waals surface area contributed by atoms with E-state index in [1.165, 1.54) is 24.3 Å². The molecule has 0 aliphatic heterocycles. The van der Waals surface area contributed by atoms with E-state index >= 15 is 0 Å². The SMILES string of the molecule is O=S(=O)(N[C@H]1CCCC[C@@H]1NS(=O)(=O)c1ccccc1)c1ccccc1. The topological polar surface area (TPSA) is 92.3 Å². The molecule has 2 aromatic carbocycles. The molecular weight excluding hydrogens is 372 g/mol. The van der Waals surface area contributed by atoms with Crippen LogP contribution in [-0.4, -0.2) is 28.9 Å². The monoisotopic (exact) mass is 394 g/mol. The lowest BCUT2D eigenvalue weighted by atomic mass is 9.92. The molecule has 0 saturated heterocycles. The Morgan fingerprint density at radius 3 is 1.31 bits per heavy atom. The van der Waals surface area contributed by atoms with Gasteiger partial charge in [0.25, 0.3) is 0 Å². The Morgan fingerprint density at radius 1 is 0.615 bits per heavy atom. The van der Waals surface area contributed by atoms with Crippen LogP contribution in [0.25, 0.3) is 0 Å². The second-order valence-electron chi connectivity index (χ2n) is 6.37. The molecule has 0 radical (unpaired) electrons. The van der Waals surface area contributed by atoms with Gasteiger partial charge in [0.1, 0.15) is 0 Å². The summed E-state index contributed by atoms with van der Waals surface area (Å²) in [6, 6.07) is 15.3. The fourth-order valence-corrected chi connectivity index (χ4v) is 5.81. The Balaban J connectivity index is 1.78. The maximum Gasteiger partial charge on any atom is 0.240 e. The molecule has 2 N–H and O–H groups in total. The highest BCUT2D eigenvalue weighted by Crippen LogP contribution is 2.22. The molecule has 1 aliphatic rings. The summed E-state index contributed by atoms with van der Waals surface area (Å²) in [5.74, 6) is 0. The average molecular weight is 395 g/mol. The molecule has 1 aliphatic carbocycles. The van der Waals surface area contributed by atoms with Crippen molar-refractivity contribution in [2.75, 3.05) is 0 Å². The predicted octanol–water partition coefficient (Wildman–Crippen LogP) is 2.25.